The van der Waals surface area contributed by atoms with Crippen molar-refractivity contribution in [3.63, 3.8) is 0 Å². The number of likely N-dealkylation sites (N-methyl/N-ethyl adjacent to an activating group) is 1. The standard InChI is InChI=1S/C14H25N3O/c1-6-15-10-12-8-7-9-16-13(12)18-11-14(2,3)17(4)5/h7-9,15H,6,10-11H2,1-5H3. The van der Waals surface area contributed by atoms with Crippen molar-refractivity contribution in [3.8, 4) is 5.88 Å². The lowest BCUT2D eigenvalue weighted by atomic mass is 10.1. The van der Waals surface area contributed by atoms with Crippen LogP contribution in [-0.2, 0) is 6.54 Å². The van der Waals surface area contributed by atoms with Gasteiger partial charge in [0.1, 0.15) is 6.61 Å². The molecule has 0 amide bonds. The van der Waals surface area contributed by atoms with E-state index in [1.54, 1.807) is 6.20 Å². The van der Waals surface area contributed by atoms with E-state index in [4.69, 9.17) is 4.74 Å². The lowest BCUT2D eigenvalue weighted by molar-refractivity contribution is 0.110. The fraction of sp³-hybridized carbons (Fsp3) is 0.643. The molecule has 1 aromatic rings. The maximum atomic E-state index is 5.87. The summed E-state index contributed by atoms with van der Waals surface area (Å²) in [6, 6.07) is 3.99. The number of nitrogens with one attached hydrogen (secondary N) is 1. The quantitative estimate of drug-likeness (QED) is 0.803. The Hall–Kier alpha value is -1.13. The summed E-state index contributed by atoms with van der Waals surface area (Å²) in [6.45, 7) is 8.75. The highest BCUT2D eigenvalue weighted by Crippen LogP contribution is 2.17. The van der Waals surface area contributed by atoms with Crippen molar-refractivity contribution < 1.29 is 4.74 Å². The SMILES string of the molecule is CCNCc1cccnc1OCC(C)(C)N(C)C. The molecule has 0 aliphatic rings. The Morgan fingerprint density at radius 3 is 2.72 bits per heavy atom. The molecule has 102 valence electrons. The number of nitrogens with zero attached hydrogens (tertiary/aromatic N) is 2. The van der Waals surface area contributed by atoms with Gasteiger partial charge in [0.05, 0.1) is 0 Å². The Balaban J connectivity index is 2.66. The first-order valence-electron chi connectivity index (χ1n) is 6.42. The van der Waals surface area contributed by atoms with Crippen molar-refractivity contribution in [2.75, 3.05) is 27.2 Å². The first-order chi connectivity index (χ1) is 8.47. The molecule has 18 heavy (non-hydrogen) atoms. The summed E-state index contributed by atoms with van der Waals surface area (Å²) in [7, 11) is 4.11. The highest BCUT2D eigenvalue weighted by molar-refractivity contribution is 5.25. The number of aromatic nitrogens is 1. The average molecular weight is 251 g/mol. The van der Waals surface area contributed by atoms with Crippen LogP contribution in [0.25, 0.3) is 0 Å². The van der Waals surface area contributed by atoms with Crippen LogP contribution >= 0.6 is 0 Å². The molecule has 0 atom stereocenters. The van der Waals surface area contributed by atoms with E-state index in [9.17, 15) is 0 Å². The summed E-state index contributed by atoms with van der Waals surface area (Å²) in [5.74, 6) is 0.730. The molecule has 0 unspecified atom stereocenters. The fourth-order valence-electron chi connectivity index (χ4n) is 1.32. The summed E-state index contributed by atoms with van der Waals surface area (Å²) < 4.78 is 5.87. The van der Waals surface area contributed by atoms with Crippen LogP contribution in [0.3, 0.4) is 0 Å². The number of hydrogen-bond acceptors (Lipinski definition) is 4. The Kier molecular flexibility index (Phi) is 5.56. The van der Waals surface area contributed by atoms with Gasteiger partial charge in [-0.2, -0.15) is 0 Å². The molecule has 0 aliphatic carbocycles. The molecule has 0 fully saturated rings. The van der Waals surface area contributed by atoms with E-state index in [2.05, 4.69) is 50.1 Å². The van der Waals surface area contributed by atoms with Gasteiger partial charge in [-0.3, -0.25) is 0 Å². The average Bonchev–Trinajstić information content (AvgIpc) is 2.34. The molecule has 0 radical (unpaired) electrons. The van der Waals surface area contributed by atoms with Gasteiger partial charge in [0.25, 0.3) is 0 Å². The van der Waals surface area contributed by atoms with E-state index < -0.39 is 0 Å². The molecule has 1 heterocycles. The van der Waals surface area contributed by atoms with E-state index >= 15 is 0 Å². The highest BCUT2D eigenvalue weighted by Gasteiger charge is 2.22. The Morgan fingerprint density at radius 1 is 1.39 bits per heavy atom. The summed E-state index contributed by atoms with van der Waals surface area (Å²) in [5.41, 5.74) is 1.10. The third-order valence-electron chi connectivity index (χ3n) is 3.19. The van der Waals surface area contributed by atoms with Crippen LogP contribution in [0.1, 0.15) is 26.3 Å². The summed E-state index contributed by atoms with van der Waals surface area (Å²) in [5, 5.41) is 3.29. The molecule has 0 spiro atoms. The molecule has 4 heteroatoms. The molecule has 1 rings (SSSR count). The van der Waals surface area contributed by atoms with Gasteiger partial charge >= 0.3 is 0 Å². The zero-order valence-electron chi connectivity index (χ0n) is 12.2. The smallest absolute Gasteiger partial charge is 0.217 e. The van der Waals surface area contributed by atoms with E-state index in [0.29, 0.717) is 6.61 Å². The van der Waals surface area contributed by atoms with Gasteiger partial charge < -0.3 is 15.0 Å². The molecule has 0 bridgehead atoms. The van der Waals surface area contributed by atoms with Crippen LogP contribution in [0, 0.1) is 0 Å². The van der Waals surface area contributed by atoms with Gasteiger partial charge in [-0.1, -0.05) is 13.0 Å². The monoisotopic (exact) mass is 251 g/mol. The molecule has 0 saturated heterocycles. The second-order valence-electron chi connectivity index (χ2n) is 5.24. The maximum absolute atomic E-state index is 5.87. The van der Waals surface area contributed by atoms with E-state index in [1.165, 1.54) is 0 Å². The molecule has 1 aromatic heterocycles. The van der Waals surface area contributed by atoms with Crippen LogP contribution < -0.4 is 10.1 Å². The predicted octanol–water partition coefficient (Wildman–Crippen LogP) is 1.91. The van der Waals surface area contributed by atoms with Crippen LogP contribution in [0.2, 0.25) is 0 Å². The minimum absolute atomic E-state index is 0.00697. The molecule has 4 nitrogen and oxygen atoms in total. The molecule has 0 saturated carbocycles. The highest BCUT2D eigenvalue weighted by atomic mass is 16.5. The number of hydrogen-bond donors (Lipinski definition) is 1. The normalized spacial score (nSPS) is 11.9. The second-order valence-corrected chi connectivity index (χ2v) is 5.24. The minimum atomic E-state index is -0.00697. The van der Waals surface area contributed by atoms with E-state index in [0.717, 1.165) is 24.5 Å². The lowest BCUT2D eigenvalue weighted by Crippen LogP contribution is -2.43. The van der Waals surface area contributed by atoms with E-state index in [-0.39, 0.29) is 5.54 Å². The zero-order valence-corrected chi connectivity index (χ0v) is 12.2. The van der Waals surface area contributed by atoms with Crippen molar-refractivity contribution in [2.24, 2.45) is 0 Å². The number of rotatable bonds is 7. The summed E-state index contributed by atoms with van der Waals surface area (Å²) in [6.07, 6.45) is 1.77. The van der Waals surface area contributed by atoms with E-state index in [1.807, 2.05) is 12.1 Å². The molecule has 0 aliphatic heterocycles. The third-order valence-corrected chi connectivity index (χ3v) is 3.19. The van der Waals surface area contributed by atoms with Gasteiger partial charge in [-0.05, 0) is 40.6 Å². The van der Waals surface area contributed by atoms with Crippen molar-refractivity contribution in [2.45, 2.75) is 32.9 Å². The van der Waals surface area contributed by atoms with Crippen molar-refractivity contribution in [1.29, 1.82) is 0 Å². The van der Waals surface area contributed by atoms with Gasteiger partial charge in [0, 0.05) is 23.8 Å². The van der Waals surface area contributed by atoms with Gasteiger partial charge in [0.2, 0.25) is 5.88 Å². The number of pyridine rings is 1. The predicted molar refractivity (Wildman–Crippen MR) is 74.9 cm³/mol. The van der Waals surface area contributed by atoms with Gasteiger partial charge in [-0.25, -0.2) is 4.98 Å². The van der Waals surface area contributed by atoms with Crippen molar-refractivity contribution in [3.05, 3.63) is 23.9 Å². The lowest BCUT2D eigenvalue weighted by Gasteiger charge is -2.32. The Bertz CT molecular complexity index is 364. The molecular formula is C14H25N3O. The zero-order chi connectivity index (χ0) is 13.6. The van der Waals surface area contributed by atoms with Crippen LogP contribution in [-0.4, -0.2) is 42.7 Å². The summed E-state index contributed by atoms with van der Waals surface area (Å²) >= 11 is 0. The fourth-order valence-corrected chi connectivity index (χ4v) is 1.32. The first-order valence-corrected chi connectivity index (χ1v) is 6.42. The van der Waals surface area contributed by atoms with Crippen molar-refractivity contribution >= 4 is 0 Å². The Labute approximate surface area is 110 Å². The van der Waals surface area contributed by atoms with Crippen molar-refractivity contribution in [1.82, 2.24) is 15.2 Å². The largest absolute Gasteiger partial charge is 0.475 e. The molecular weight excluding hydrogens is 226 g/mol. The topological polar surface area (TPSA) is 37.4 Å². The molecule has 1 N–H and O–H groups in total. The third kappa shape index (κ3) is 4.27. The second kappa shape index (κ2) is 6.71. The van der Waals surface area contributed by atoms with Crippen LogP contribution in [0.5, 0.6) is 5.88 Å². The maximum Gasteiger partial charge on any atom is 0.217 e. The first kappa shape index (κ1) is 14.9. The molecule has 0 aromatic carbocycles. The summed E-state index contributed by atoms with van der Waals surface area (Å²) in [4.78, 5) is 6.47. The van der Waals surface area contributed by atoms with Crippen LogP contribution in [0.15, 0.2) is 18.3 Å². The number of ether oxygens (including phenoxy) is 1. The van der Waals surface area contributed by atoms with Gasteiger partial charge in [0.15, 0.2) is 0 Å². The van der Waals surface area contributed by atoms with Gasteiger partial charge in [-0.15, -0.1) is 0 Å². The Morgan fingerprint density at radius 2 is 2.11 bits per heavy atom. The minimum Gasteiger partial charge on any atom is -0.475 e. The van der Waals surface area contributed by atoms with Crippen LogP contribution in [0.4, 0.5) is 0 Å².